The number of hydrogen-bond acceptors (Lipinski definition) is 2. The molecule has 0 atom stereocenters. The van der Waals surface area contributed by atoms with Crippen molar-refractivity contribution in [3.63, 3.8) is 0 Å². The largest absolute Gasteiger partial charge is 0.356 e. The van der Waals surface area contributed by atoms with Crippen molar-refractivity contribution in [3.05, 3.63) is 0 Å². The number of ether oxygens (including phenoxy) is 1. The van der Waals surface area contributed by atoms with Crippen LogP contribution in [0.25, 0.3) is 0 Å². The fraction of sp³-hybridized carbons (Fsp3) is 0. The summed E-state index contributed by atoms with van der Waals surface area (Å²) in [4.78, 5) is 0. The van der Waals surface area contributed by atoms with Crippen LogP contribution < -0.4 is 0 Å². The summed E-state index contributed by atoms with van der Waals surface area (Å²) in [6.07, 6.45) is 8.53. The van der Waals surface area contributed by atoms with Crippen molar-refractivity contribution in [2.45, 2.75) is 0 Å². The summed E-state index contributed by atoms with van der Waals surface area (Å²) in [5.41, 5.74) is 0. The Balaban J connectivity index is 3.07. The van der Waals surface area contributed by atoms with Gasteiger partial charge < -0.3 is 4.74 Å². The summed E-state index contributed by atoms with van der Waals surface area (Å²) >= 11 is 3.47. The van der Waals surface area contributed by atoms with E-state index in [0.29, 0.717) is 0 Å². The quantitative estimate of drug-likeness (QED) is 0.341. The Morgan fingerprint density at radius 1 is 1.67 bits per heavy atom. The summed E-state index contributed by atoms with van der Waals surface area (Å²) < 4.78 is 4.07. The first kappa shape index (κ1) is 5.27. The molecule has 0 N–H and O–H groups in total. The SMILES string of the molecule is C#COC#CS. The van der Waals surface area contributed by atoms with E-state index >= 15 is 0 Å². The molecule has 0 amide bonds. The van der Waals surface area contributed by atoms with Crippen LogP contribution in [0, 0.1) is 23.9 Å². The van der Waals surface area contributed by atoms with Crippen LogP contribution in [0.5, 0.6) is 0 Å². The Bertz CT molecular complexity index is 112. The second-order valence-electron chi connectivity index (χ2n) is 0.434. The van der Waals surface area contributed by atoms with Gasteiger partial charge in [-0.3, -0.25) is 0 Å². The van der Waals surface area contributed by atoms with Crippen LogP contribution in [-0.4, -0.2) is 0 Å². The van der Waals surface area contributed by atoms with Gasteiger partial charge >= 0.3 is 0 Å². The number of hydrogen-bond donors (Lipinski definition) is 1. The van der Waals surface area contributed by atoms with E-state index < -0.39 is 0 Å². The average molecular weight is 98.1 g/mol. The van der Waals surface area contributed by atoms with E-state index in [0.717, 1.165) is 0 Å². The lowest BCUT2D eigenvalue weighted by Gasteiger charge is -1.66. The standard InChI is InChI=1S/C4H2OS/c1-2-5-3-4-6/h1,6H. The van der Waals surface area contributed by atoms with Gasteiger partial charge in [0.1, 0.15) is 12.2 Å². The van der Waals surface area contributed by atoms with E-state index in [1.54, 1.807) is 0 Å². The average Bonchev–Trinajstić information content (AvgIpc) is 1.61. The van der Waals surface area contributed by atoms with E-state index in [4.69, 9.17) is 0 Å². The van der Waals surface area contributed by atoms with Gasteiger partial charge in [-0.2, -0.15) is 0 Å². The Morgan fingerprint density at radius 2 is 2.33 bits per heavy atom. The molecule has 30 valence electrons. The van der Waals surface area contributed by atoms with Crippen LogP contribution in [-0.2, 0) is 4.74 Å². The van der Waals surface area contributed by atoms with Gasteiger partial charge in [0, 0.05) is 5.25 Å². The summed E-state index contributed by atoms with van der Waals surface area (Å²) in [5.74, 6) is 0. The van der Waals surface area contributed by atoms with Gasteiger partial charge in [-0.15, -0.1) is 0 Å². The molecule has 0 heterocycles. The molecule has 0 spiro atoms. The zero-order valence-corrected chi connectivity index (χ0v) is 3.83. The molecule has 0 unspecified atom stereocenters. The Labute approximate surface area is 42.1 Å². The highest BCUT2D eigenvalue weighted by Crippen LogP contribution is 1.62. The Morgan fingerprint density at radius 3 is 2.50 bits per heavy atom. The van der Waals surface area contributed by atoms with E-state index in [1.165, 1.54) is 0 Å². The van der Waals surface area contributed by atoms with Gasteiger partial charge in [-0.25, -0.2) is 0 Å². The topological polar surface area (TPSA) is 9.23 Å². The van der Waals surface area contributed by atoms with Gasteiger partial charge in [-0.1, -0.05) is 19.1 Å². The maximum absolute atomic E-state index is 4.61. The smallest absolute Gasteiger partial charge is 0.141 e. The van der Waals surface area contributed by atoms with Crippen LogP contribution in [0.3, 0.4) is 0 Å². The van der Waals surface area contributed by atoms with Crippen LogP contribution in [0.1, 0.15) is 0 Å². The molecule has 0 aliphatic rings. The highest BCUT2D eigenvalue weighted by molar-refractivity contribution is 7.85. The molecular formula is C4H2OS. The second-order valence-corrected chi connectivity index (χ2v) is 0.657. The minimum absolute atomic E-state index is 1.85. The van der Waals surface area contributed by atoms with Crippen LogP contribution in [0.4, 0.5) is 0 Å². The van der Waals surface area contributed by atoms with Gasteiger partial charge in [0.2, 0.25) is 0 Å². The zero-order valence-electron chi connectivity index (χ0n) is 2.93. The number of rotatable bonds is 0. The Kier molecular flexibility index (Phi) is 3.75. The highest BCUT2D eigenvalue weighted by atomic mass is 32.1. The molecule has 0 rings (SSSR count). The second kappa shape index (κ2) is 4.27. The van der Waals surface area contributed by atoms with Crippen molar-refractivity contribution in [1.82, 2.24) is 0 Å². The van der Waals surface area contributed by atoms with E-state index in [1.807, 2.05) is 6.11 Å². The third-order valence-corrected chi connectivity index (χ3v) is 0.247. The third kappa shape index (κ3) is 3.27. The zero-order chi connectivity index (χ0) is 4.83. The van der Waals surface area contributed by atoms with Crippen LogP contribution in [0.2, 0.25) is 0 Å². The van der Waals surface area contributed by atoms with Crippen molar-refractivity contribution in [1.29, 1.82) is 0 Å². The molecule has 0 saturated carbocycles. The molecule has 0 radical (unpaired) electrons. The molecule has 0 bridgehead atoms. The van der Waals surface area contributed by atoms with Crippen molar-refractivity contribution < 1.29 is 4.74 Å². The molecular weight excluding hydrogens is 96.1 g/mol. The highest BCUT2D eigenvalue weighted by Gasteiger charge is 1.51. The van der Waals surface area contributed by atoms with Gasteiger partial charge in [-0.05, 0) is 0 Å². The van der Waals surface area contributed by atoms with Crippen LogP contribution >= 0.6 is 12.6 Å². The van der Waals surface area contributed by atoms with Crippen molar-refractivity contribution in [3.8, 4) is 23.9 Å². The molecule has 6 heavy (non-hydrogen) atoms. The molecule has 1 nitrogen and oxygen atoms in total. The van der Waals surface area contributed by atoms with Crippen molar-refractivity contribution in [2.75, 3.05) is 0 Å². The lowest BCUT2D eigenvalue weighted by atomic mass is 11.2. The predicted molar refractivity (Wildman–Crippen MR) is 26.7 cm³/mol. The lowest BCUT2D eigenvalue weighted by Crippen LogP contribution is -1.58. The lowest BCUT2D eigenvalue weighted by molar-refractivity contribution is 0.481. The molecule has 2 heteroatoms. The molecule has 0 aliphatic carbocycles. The maximum Gasteiger partial charge on any atom is 0.141 e. The summed E-state index contributed by atoms with van der Waals surface area (Å²) in [5, 5.41) is 2.15. The number of thiol groups is 1. The third-order valence-electron chi connectivity index (χ3n) is 0.156. The summed E-state index contributed by atoms with van der Waals surface area (Å²) in [6, 6.07) is 0. The predicted octanol–water partition coefficient (Wildman–Crippen LogP) is 0.442. The van der Waals surface area contributed by atoms with Gasteiger partial charge in [0.25, 0.3) is 0 Å². The minimum atomic E-state index is 1.85. The maximum atomic E-state index is 4.61. The van der Waals surface area contributed by atoms with Gasteiger partial charge in [0.15, 0.2) is 0 Å². The molecule has 0 aromatic heterocycles. The molecule has 0 aromatic rings. The fourth-order valence-electron chi connectivity index (χ4n) is 0.0523. The molecule has 0 saturated heterocycles. The van der Waals surface area contributed by atoms with E-state index in [-0.39, 0.29) is 0 Å². The Hall–Kier alpha value is -0.730. The minimum Gasteiger partial charge on any atom is -0.356 e. The first-order chi connectivity index (χ1) is 2.91. The van der Waals surface area contributed by atoms with E-state index in [2.05, 4.69) is 35.1 Å². The first-order valence-corrected chi connectivity index (χ1v) is 1.62. The number of terminal acetylenes is 1. The normalized spacial score (nSPS) is 4.00. The van der Waals surface area contributed by atoms with Gasteiger partial charge in [0.05, 0.1) is 0 Å². The molecule has 0 aromatic carbocycles. The summed E-state index contributed by atoms with van der Waals surface area (Å²) in [7, 11) is 0. The summed E-state index contributed by atoms with van der Waals surface area (Å²) in [6.45, 7) is 0. The molecule has 0 fully saturated rings. The monoisotopic (exact) mass is 98.0 g/mol. The first-order valence-electron chi connectivity index (χ1n) is 1.17. The molecule has 0 aliphatic heterocycles. The van der Waals surface area contributed by atoms with Crippen molar-refractivity contribution >= 4 is 12.6 Å². The van der Waals surface area contributed by atoms with E-state index in [9.17, 15) is 0 Å². The fourth-order valence-corrected chi connectivity index (χ4v) is 0.0979. The van der Waals surface area contributed by atoms with Crippen molar-refractivity contribution in [2.24, 2.45) is 0 Å². The van der Waals surface area contributed by atoms with Crippen LogP contribution in [0.15, 0.2) is 0 Å².